The molecule has 7 nitrogen and oxygen atoms in total. The van der Waals surface area contributed by atoms with Gasteiger partial charge in [0.05, 0.1) is 24.2 Å². The van der Waals surface area contributed by atoms with Gasteiger partial charge >= 0.3 is 5.97 Å². The molecule has 1 heterocycles. The number of aliphatic hydroxyl groups excluding tert-OH is 2. The van der Waals surface area contributed by atoms with E-state index in [1.165, 1.54) is 0 Å². The van der Waals surface area contributed by atoms with Crippen molar-refractivity contribution in [2.45, 2.75) is 32.7 Å². The van der Waals surface area contributed by atoms with E-state index in [1.807, 2.05) is 30.0 Å². The van der Waals surface area contributed by atoms with Crippen molar-refractivity contribution in [1.29, 1.82) is 0 Å². The zero-order valence-electron chi connectivity index (χ0n) is 14.0. The van der Waals surface area contributed by atoms with Gasteiger partial charge in [0.15, 0.2) is 0 Å². The summed E-state index contributed by atoms with van der Waals surface area (Å²) in [4.78, 5) is 17.3. The van der Waals surface area contributed by atoms with Crippen molar-refractivity contribution in [2.75, 3.05) is 31.2 Å². The lowest BCUT2D eigenvalue weighted by Crippen LogP contribution is -2.29. The number of rotatable bonds is 10. The predicted molar refractivity (Wildman–Crippen MR) is 92.4 cm³/mol. The third kappa shape index (κ3) is 4.24. The van der Waals surface area contributed by atoms with E-state index in [-0.39, 0.29) is 19.6 Å². The summed E-state index contributed by atoms with van der Waals surface area (Å²) < 4.78 is 2.10. The monoisotopic (exact) mass is 335 g/mol. The maximum absolute atomic E-state index is 10.7. The Labute approximate surface area is 141 Å². The standard InChI is InChI=1S/C17H25N3O4/c1-2-20-15-7-6-13(19(8-10-21)9-11-22)12-14(15)18-16(20)4-3-5-17(23)24/h6-7,12,21-22H,2-5,8-11H2,1H3,(H,23,24). The molecule has 0 fully saturated rings. The quantitative estimate of drug-likeness (QED) is 0.604. The summed E-state index contributed by atoms with van der Waals surface area (Å²) in [7, 11) is 0. The number of fused-ring (bicyclic) bond motifs is 1. The summed E-state index contributed by atoms with van der Waals surface area (Å²) >= 11 is 0. The molecule has 2 rings (SSSR count). The Bertz CT molecular complexity index is 678. The molecule has 0 amide bonds. The van der Waals surface area contributed by atoms with Crippen LogP contribution in [0.2, 0.25) is 0 Å². The molecule has 2 aromatic rings. The van der Waals surface area contributed by atoms with Crippen molar-refractivity contribution >= 4 is 22.7 Å². The van der Waals surface area contributed by atoms with Gasteiger partial charge in [-0.3, -0.25) is 4.79 Å². The SMILES string of the molecule is CCn1c(CCCC(=O)O)nc2cc(N(CCO)CCO)ccc21. The number of anilines is 1. The highest BCUT2D eigenvalue weighted by Gasteiger charge is 2.13. The second kappa shape index (κ2) is 8.65. The van der Waals surface area contributed by atoms with Gasteiger partial charge in [0.2, 0.25) is 0 Å². The molecule has 0 aliphatic rings. The topological polar surface area (TPSA) is 98.8 Å². The second-order valence-electron chi connectivity index (χ2n) is 5.63. The fraction of sp³-hybridized carbons (Fsp3) is 0.529. The second-order valence-corrected chi connectivity index (χ2v) is 5.63. The highest BCUT2D eigenvalue weighted by Crippen LogP contribution is 2.24. The minimum Gasteiger partial charge on any atom is -0.481 e. The number of hydrogen-bond acceptors (Lipinski definition) is 5. The summed E-state index contributed by atoms with van der Waals surface area (Å²) in [5.41, 5.74) is 2.77. The van der Waals surface area contributed by atoms with E-state index in [9.17, 15) is 15.0 Å². The molecule has 0 saturated carbocycles. The average molecular weight is 335 g/mol. The molecule has 1 aromatic heterocycles. The van der Waals surface area contributed by atoms with Crippen molar-refractivity contribution < 1.29 is 20.1 Å². The van der Waals surface area contributed by atoms with E-state index < -0.39 is 5.97 Å². The van der Waals surface area contributed by atoms with Crippen molar-refractivity contribution in [1.82, 2.24) is 9.55 Å². The zero-order chi connectivity index (χ0) is 17.5. The first kappa shape index (κ1) is 18.2. The Balaban J connectivity index is 2.29. The Morgan fingerprint density at radius 1 is 1.25 bits per heavy atom. The summed E-state index contributed by atoms with van der Waals surface area (Å²) in [5.74, 6) is 0.0989. The molecule has 0 saturated heterocycles. The van der Waals surface area contributed by atoms with Crippen molar-refractivity contribution in [3.05, 3.63) is 24.0 Å². The smallest absolute Gasteiger partial charge is 0.303 e. The Kier molecular flexibility index (Phi) is 6.57. The zero-order valence-corrected chi connectivity index (χ0v) is 14.0. The summed E-state index contributed by atoms with van der Waals surface area (Å²) in [5, 5.41) is 27.1. The van der Waals surface area contributed by atoms with Gasteiger partial charge in [-0.2, -0.15) is 0 Å². The van der Waals surface area contributed by atoms with Crippen LogP contribution in [0.5, 0.6) is 0 Å². The number of aliphatic carboxylic acids is 1. The predicted octanol–water partition coefficient (Wildman–Crippen LogP) is 1.25. The molecule has 132 valence electrons. The minimum atomic E-state index is -0.792. The number of carbonyl (C=O) groups is 1. The number of imidazole rings is 1. The molecule has 0 spiro atoms. The summed E-state index contributed by atoms with van der Waals surface area (Å²) in [6, 6.07) is 5.90. The van der Waals surface area contributed by atoms with E-state index in [0.717, 1.165) is 29.1 Å². The van der Waals surface area contributed by atoms with Crippen molar-refractivity contribution in [3.63, 3.8) is 0 Å². The number of hydrogen-bond donors (Lipinski definition) is 3. The molecule has 0 aliphatic carbocycles. The molecule has 3 N–H and O–H groups in total. The molecular formula is C17H25N3O4. The van der Waals surface area contributed by atoms with Crippen LogP contribution >= 0.6 is 0 Å². The van der Waals surface area contributed by atoms with Crippen LogP contribution in [0.4, 0.5) is 5.69 Å². The normalized spacial score (nSPS) is 11.1. The summed E-state index contributed by atoms with van der Waals surface area (Å²) in [6.45, 7) is 3.75. The maximum atomic E-state index is 10.7. The molecule has 0 atom stereocenters. The number of carboxylic acid groups (broad SMARTS) is 1. The van der Waals surface area contributed by atoms with Crippen LogP contribution in [0, 0.1) is 0 Å². The first-order chi connectivity index (χ1) is 11.6. The van der Waals surface area contributed by atoms with Crippen LogP contribution in [0.3, 0.4) is 0 Å². The van der Waals surface area contributed by atoms with Crippen LogP contribution in [0.25, 0.3) is 11.0 Å². The van der Waals surface area contributed by atoms with Crippen molar-refractivity contribution in [2.24, 2.45) is 0 Å². The van der Waals surface area contributed by atoms with Crippen LogP contribution in [-0.2, 0) is 17.8 Å². The highest BCUT2D eigenvalue weighted by molar-refractivity contribution is 5.80. The Morgan fingerprint density at radius 3 is 2.54 bits per heavy atom. The highest BCUT2D eigenvalue weighted by atomic mass is 16.4. The van der Waals surface area contributed by atoms with Crippen LogP contribution in [0.1, 0.15) is 25.6 Å². The average Bonchev–Trinajstić information content (AvgIpc) is 2.90. The van der Waals surface area contributed by atoms with Gasteiger partial charge in [0, 0.05) is 38.2 Å². The maximum Gasteiger partial charge on any atom is 0.303 e. The fourth-order valence-corrected chi connectivity index (χ4v) is 2.92. The molecule has 24 heavy (non-hydrogen) atoms. The Hall–Kier alpha value is -2.12. The summed E-state index contributed by atoms with van der Waals surface area (Å²) in [6.07, 6.45) is 1.33. The lowest BCUT2D eigenvalue weighted by molar-refractivity contribution is -0.137. The number of aromatic nitrogens is 2. The molecule has 0 radical (unpaired) electrons. The number of benzene rings is 1. The van der Waals surface area contributed by atoms with Gasteiger partial charge < -0.3 is 24.8 Å². The lowest BCUT2D eigenvalue weighted by atomic mass is 10.2. The number of aliphatic hydroxyl groups is 2. The van der Waals surface area contributed by atoms with Crippen LogP contribution < -0.4 is 4.90 Å². The molecule has 0 aliphatic heterocycles. The van der Waals surface area contributed by atoms with Gasteiger partial charge in [-0.25, -0.2) is 4.98 Å². The number of aryl methyl sites for hydroxylation is 2. The van der Waals surface area contributed by atoms with Crippen LogP contribution in [0.15, 0.2) is 18.2 Å². The van der Waals surface area contributed by atoms with E-state index in [0.29, 0.717) is 25.9 Å². The van der Waals surface area contributed by atoms with Gasteiger partial charge in [0.25, 0.3) is 0 Å². The molecule has 0 bridgehead atoms. The van der Waals surface area contributed by atoms with E-state index in [1.54, 1.807) is 0 Å². The van der Waals surface area contributed by atoms with Gasteiger partial charge in [-0.05, 0) is 31.5 Å². The molecular weight excluding hydrogens is 310 g/mol. The van der Waals surface area contributed by atoms with Gasteiger partial charge in [-0.1, -0.05) is 0 Å². The first-order valence-corrected chi connectivity index (χ1v) is 8.28. The first-order valence-electron chi connectivity index (χ1n) is 8.28. The number of nitrogens with zero attached hydrogens (tertiary/aromatic N) is 3. The minimum absolute atomic E-state index is 0.0157. The molecule has 1 aromatic carbocycles. The Morgan fingerprint density at radius 2 is 1.96 bits per heavy atom. The lowest BCUT2D eigenvalue weighted by Gasteiger charge is -2.22. The van der Waals surface area contributed by atoms with E-state index >= 15 is 0 Å². The van der Waals surface area contributed by atoms with E-state index in [4.69, 9.17) is 5.11 Å². The molecule has 7 heteroatoms. The number of carboxylic acids is 1. The fourth-order valence-electron chi connectivity index (χ4n) is 2.92. The third-order valence-electron chi connectivity index (χ3n) is 4.02. The molecule has 0 unspecified atom stereocenters. The van der Waals surface area contributed by atoms with Crippen molar-refractivity contribution in [3.8, 4) is 0 Å². The third-order valence-corrected chi connectivity index (χ3v) is 4.02. The van der Waals surface area contributed by atoms with Crippen LogP contribution in [-0.4, -0.2) is 57.1 Å². The largest absolute Gasteiger partial charge is 0.481 e. The van der Waals surface area contributed by atoms with Gasteiger partial charge in [0.1, 0.15) is 5.82 Å². The van der Waals surface area contributed by atoms with E-state index in [2.05, 4.69) is 9.55 Å². The van der Waals surface area contributed by atoms with Gasteiger partial charge in [-0.15, -0.1) is 0 Å².